The SMILES string of the molecule is CCCCCCCCCCC=CC(CC(N)=O)C(=O)O.N. The molecule has 0 spiro atoms. The van der Waals surface area contributed by atoms with Crippen LogP contribution < -0.4 is 11.9 Å². The highest BCUT2D eigenvalue weighted by molar-refractivity contribution is 5.82. The molecule has 0 aromatic heterocycles. The second-order valence-corrected chi connectivity index (χ2v) is 5.31. The summed E-state index contributed by atoms with van der Waals surface area (Å²) in [5, 5.41) is 8.91. The Morgan fingerprint density at radius 2 is 1.57 bits per heavy atom. The van der Waals surface area contributed by atoms with E-state index in [9.17, 15) is 9.59 Å². The molecule has 0 saturated heterocycles. The molecular weight excluding hydrogens is 268 g/mol. The van der Waals surface area contributed by atoms with Gasteiger partial charge in [0.15, 0.2) is 0 Å². The summed E-state index contributed by atoms with van der Waals surface area (Å²) in [5.74, 6) is -2.34. The lowest BCUT2D eigenvalue weighted by Gasteiger charge is -2.04. The number of carboxylic acid groups (broad SMARTS) is 1. The van der Waals surface area contributed by atoms with Crippen LogP contribution in [0.5, 0.6) is 0 Å². The van der Waals surface area contributed by atoms with Crippen molar-refractivity contribution in [2.24, 2.45) is 11.7 Å². The standard InChI is InChI=1S/C16H29NO3.H3N/c1-2-3-4-5-6-7-8-9-10-11-12-14(16(19)20)13-15(17)18;/h11-12,14H,2-10,13H2,1H3,(H2,17,18)(H,19,20);1H3. The fourth-order valence-corrected chi connectivity index (χ4v) is 2.11. The van der Waals surface area contributed by atoms with Crippen LogP contribution in [0.2, 0.25) is 0 Å². The maximum absolute atomic E-state index is 10.9. The summed E-state index contributed by atoms with van der Waals surface area (Å²) in [6, 6.07) is 0. The first kappa shape index (κ1) is 21.9. The van der Waals surface area contributed by atoms with Gasteiger partial charge in [0, 0.05) is 6.42 Å². The summed E-state index contributed by atoms with van der Waals surface area (Å²) < 4.78 is 0. The molecule has 0 fully saturated rings. The van der Waals surface area contributed by atoms with E-state index in [-0.39, 0.29) is 12.6 Å². The molecule has 0 aliphatic carbocycles. The Labute approximate surface area is 128 Å². The van der Waals surface area contributed by atoms with E-state index in [4.69, 9.17) is 10.8 Å². The van der Waals surface area contributed by atoms with Crippen LogP contribution in [0.4, 0.5) is 0 Å². The van der Waals surface area contributed by atoms with Gasteiger partial charge in [0.25, 0.3) is 0 Å². The highest BCUT2D eigenvalue weighted by atomic mass is 16.4. The van der Waals surface area contributed by atoms with Crippen LogP contribution in [0.25, 0.3) is 0 Å². The van der Waals surface area contributed by atoms with E-state index in [1.807, 2.05) is 6.08 Å². The van der Waals surface area contributed by atoms with Gasteiger partial charge in [-0.15, -0.1) is 0 Å². The van der Waals surface area contributed by atoms with Crippen LogP contribution in [0.1, 0.15) is 71.1 Å². The molecule has 1 amide bonds. The monoisotopic (exact) mass is 300 g/mol. The lowest BCUT2D eigenvalue weighted by Crippen LogP contribution is -2.20. The minimum Gasteiger partial charge on any atom is -0.481 e. The van der Waals surface area contributed by atoms with Gasteiger partial charge < -0.3 is 17.0 Å². The molecule has 0 saturated carbocycles. The van der Waals surface area contributed by atoms with Gasteiger partial charge >= 0.3 is 5.97 Å². The van der Waals surface area contributed by atoms with Crippen molar-refractivity contribution in [2.45, 2.75) is 71.1 Å². The normalized spacial score (nSPS) is 12.0. The highest BCUT2D eigenvalue weighted by Crippen LogP contribution is 2.11. The first-order valence-electron chi connectivity index (χ1n) is 7.75. The smallest absolute Gasteiger partial charge is 0.310 e. The van der Waals surface area contributed by atoms with Crippen molar-refractivity contribution in [3.05, 3.63) is 12.2 Å². The summed E-state index contributed by atoms with van der Waals surface area (Å²) in [5.41, 5.74) is 5.01. The number of unbranched alkanes of at least 4 members (excludes halogenated alkanes) is 8. The fourth-order valence-electron chi connectivity index (χ4n) is 2.11. The van der Waals surface area contributed by atoms with E-state index < -0.39 is 17.8 Å². The summed E-state index contributed by atoms with van der Waals surface area (Å²) in [4.78, 5) is 21.6. The Kier molecular flexibility index (Phi) is 15.7. The molecule has 0 radical (unpaired) electrons. The lowest BCUT2D eigenvalue weighted by molar-refractivity contribution is -0.141. The molecule has 5 heteroatoms. The molecule has 0 rings (SSSR count). The summed E-state index contributed by atoms with van der Waals surface area (Å²) >= 11 is 0. The molecule has 0 aromatic carbocycles. The van der Waals surface area contributed by atoms with E-state index in [1.165, 1.54) is 44.9 Å². The van der Waals surface area contributed by atoms with Gasteiger partial charge in [-0.25, -0.2) is 0 Å². The van der Waals surface area contributed by atoms with E-state index in [1.54, 1.807) is 6.08 Å². The number of hydrogen-bond donors (Lipinski definition) is 3. The topological polar surface area (TPSA) is 115 Å². The summed E-state index contributed by atoms with van der Waals surface area (Å²) in [6.07, 6.45) is 14.3. The largest absolute Gasteiger partial charge is 0.481 e. The van der Waals surface area contributed by atoms with Crippen molar-refractivity contribution in [2.75, 3.05) is 0 Å². The van der Waals surface area contributed by atoms with Crippen molar-refractivity contribution < 1.29 is 14.7 Å². The zero-order chi connectivity index (χ0) is 15.2. The van der Waals surface area contributed by atoms with Crippen LogP contribution in [0.3, 0.4) is 0 Å². The predicted molar refractivity (Wildman–Crippen MR) is 86.3 cm³/mol. The number of hydrogen-bond acceptors (Lipinski definition) is 3. The van der Waals surface area contributed by atoms with Gasteiger partial charge in [-0.3, -0.25) is 9.59 Å². The average molecular weight is 300 g/mol. The zero-order valence-electron chi connectivity index (χ0n) is 13.4. The fraction of sp³-hybridized carbons (Fsp3) is 0.750. The molecule has 5 nitrogen and oxygen atoms in total. The molecule has 0 aromatic rings. The number of rotatable bonds is 13. The van der Waals surface area contributed by atoms with Gasteiger partial charge in [-0.2, -0.15) is 0 Å². The number of nitrogens with two attached hydrogens (primary N) is 1. The van der Waals surface area contributed by atoms with E-state index in [0.29, 0.717) is 0 Å². The zero-order valence-corrected chi connectivity index (χ0v) is 13.4. The molecule has 1 unspecified atom stereocenters. The number of allylic oxidation sites excluding steroid dienone is 1. The average Bonchev–Trinajstić information content (AvgIpc) is 2.39. The Bertz CT molecular complexity index is 304. The maximum atomic E-state index is 10.9. The number of carboxylic acids is 1. The van der Waals surface area contributed by atoms with Crippen LogP contribution in [-0.4, -0.2) is 17.0 Å². The van der Waals surface area contributed by atoms with Gasteiger partial charge in [-0.1, -0.05) is 64.0 Å². The Balaban J connectivity index is 0. The number of carbonyl (C=O) groups is 2. The van der Waals surface area contributed by atoms with E-state index >= 15 is 0 Å². The minimum absolute atomic E-state index is 0. The third kappa shape index (κ3) is 14.9. The predicted octanol–water partition coefficient (Wildman–Crippen LogP) is 3.81. The molecule has 1 atom stereocenters. The number of aliphatic carboxylic acids is 1. The summed E-state index contributed by atoms with van der Waals surface area (Å²) in [7, 11) is 0. The van der Waals surface area contributed by atoms with Gasteiger partial charge in [0.1, 0.15) is 0 Å². The van der Waals surface area contributed by atoms with Crippen LogP contribution in [0.15, 0.2) is 12.2 Å². The third-order valence-electron chi connectivity index (χ3n) is 3.33. The molecule has 6 N–H and O–H groups in total. The van der Waals surface area contributed by atoms with Gasteiger partial charge in [-0.05, 0) is 12.8 Å². The molecule has 0 heterocycles. The summed E-state index contributed by atoms with van der Waals surface area (Å²) in [6.45, 7) is 2.22. The van der Waals surface area contributed by atoms with Crippen molar-refractivity contribution in [3.8, 4) is 0 Å². The minimum atomic E-state index is -0.990. The molecule has 0 bridgehead atoms. The molecular formula is C16H32N2O3. The first-order chi connectivity index (χ1) is 9.57. The van der Waals surface area contributed by atoms with Crippen LogP contribution in [0, 0.1) is 5.92 Å². The molecule has 21 heavy (non-hydrogen) atoms. The third-order valence-corrected chi connectivity index (χ3v) is 3.33. The van der Waals surface area contributed by atoms with Crippen LogP contribution in [-0.2, 0) is 9.59 Å². The maximum Gasteiger partial charge on any atom is 0.310 e. The Morgan fingerprint density at radius 3 is 2.05 bits per heavy atom. The van der Waals surface area contributed by atoms with E-state index in [2.05, 4.69) is 6.92 Å². The quantitative estimate of drug-likeness (QED) is 0.354. The number of primary amides is 1. The first-order valence-corrected chi connectivity index (χ1v) is 7.75. The van der Waals surface area contributed by atoms with Crippen molar-refractivity contribution in [3.63, 3.8) is 0 Å². The highest BCUT2D eigenvalue weighted by Gasteiger charge is 2.15. The second kappa shape index (κ2) is 15.0. The van der Waals surface area contributed by atoms with Gasteiger partial charge in [0.05, 0.1) is 5.92 Å². The molecule has 124 valence electrons. The second-order valence-electron chi connectivity index (χ2n) is 5.31. The number of amides is 1. The lowest BCUT2D eigenvalue weighted by atomic mass is 10.0. The van der Waals surface area contributed by atoms with Gasteiger partial charge in [0.2, 0.25) is 5.91 Å². The Hall–Kier alpha value is -1.36. The number of carbonyl (C=O) groups excluding carboxylic acids is 1. The van der Waals surface area contributed by atoms with Crippen molar-refractivity contribution >= 4 is 11.9 Å². The molecule has 0 aliphatic heterocycles. The van der Waals surface area contributed by atoms with Crippen molar-refractivity contribution in [1.82, 2.24) is 6.15 Å². The van der Waals surface area contributed by atoms with E-state index in [0.717, 1.165) is 12.8 Å². The van der Waals surface area contributed by atoms with Crippen LogP contribution >= 0.6 is 0 Å². The molecule has 0 aliphatic rings. The Morgan fingerprint density at radius 1 is 1.05 bits per heavy atom. The van der Waals surface area contributed by atoms with Crippen molar-refractivity contribution in [1.29, 1.82) is 0 Å².